The summed E-state index contributed by atoms with van der Waals surface area (Å²) in [6, 6.07) is 2.02. The Bertz CT molecular complexity index is 431. The number of rotatable bonds is 4. The number of nitrogens with two attached hydrogens (primary N) is 1. The maximum Gasteiger partial charge on any atom is 0.0949 e. The minimum atomic E-state index is 0.0455. The predicted molar refractivity (Wildman–Crippen MR) is 61.8 cm³/mol. The summed E-state index contributed by atoms with van der Waals surface area (Å²) in [6.45, 7) is 2.08. The molecule has 5 nitrogen and oxygen atoms in total. The zero-order valence-electron chi connectivity index (χ0n) is 9.61. The zero-order chi connectivity index (χ0) is 11.5. The number of aryl methyl sites for hydroxylation is 1. The fourth-order valence-electron chi connectivity index (χ4n) is 1.86. The Labute approximate surface area is 94.9 Å². The van der Waals surface area contributed by atoms with Crippen molar-refractivity contribution in [3.8, 4) is 0 Å². The van der Waals surface area contributed by atoms with E-state index in [1.165, 1.54) is 0 Å². The molecule has 86 valence electrons. The third kappa shape index (κ3) is 1.99. The SMILES string of the molecule is CCC(N)C(c1cnn(C)c1)n1cccn1. The molecule has 0 aliphatic rings. The van der Waals surface area contributed by atoms with Gasteiger partial charge in [0.25, 0.3) is 0 Å². The average Bonchev–Trinajstić information content (AvgIpc) is 2.91. The molecule has 2 atom stereocenters. The molecule has 2 N–H and O–H groups in total. The van der Waals surface area contributed by atoms with Gasteiger partial charge in [-0.1, -0.05) is 6.92 Å². The highest BCUT2D eigenvalue weighted by molar-refractivity contribution is 5.14. The third-order valence-corrected chi connectivity index (χ3v) is 2.75. The number of hydrogen-bond donors (Lipinski definition) is 1. The van der Waals surface area contributed by atoms with Gasteiger partial charge in [0, 0.05) is 37.2 Å². The first kappa shape index (κ1) is 10.9. The van der Waals surface area contributed by atoms with Crippen LogP contribution in [-0.4, -0.2) is 25.6 Å². The summed E-state index contributed by atoms with van der Waals surface area (Å²) >= 11 is 0. The van der Waals surface area contributed by atoms with Crippen molar-refractivity contribution in [3.63, 3.8) is 0 Å². The Kier molecular flexibility index (Phi) is 3.05. The maximum absolute atomic E-state index is 6.15. The molecular weight excluding hydrogens is 202 g/mol. The van der Waals surface area contributed by atoms with Gasteiger partial charge >= 0.3 is 0 Å². The van der Waals surface area contributed by atoms with E-state index in [0.717, 1.165) is 12.0 Å². The van der Waals surface area contributed by atoms with Gasteiger partial charge in [0.1, 0.15) is 0 Å². The maximum atomic E-state index is 6.15. The summed E-state index contributed by atoms with van der Waals surface area (Å²) < 4.78 is 3.68. The lowest BCUT2D eigenvalue weighted by Gasteiger charge is -2.22. The van der Waals surface area contributed by atoms with Gasteiger partial charge in [-0.05, 0) is 12.5 Å². The Morgan fingerprint density at radius 1 is 1.44 bits per heavy atom. The molecule has 2 heterocycles. The van der Waals surface area contributed by atoms with E-state index in [1.54, 1.807) is 10.9 Å². The van der Waals surface area contributed by atoms with E-state index in [4.69, 9.17) is 5.73 Å². The van der Waals surface area contributed by atoms with Gasteiger partial charge in [-0.15, -0.1) is 0 Å². The van der Waals surface area contributed by atoms with Gasteiger partial charge in [-0.3, -0.25) is 9.36 Å². The van der Waals surface area contributed by atoms with Crippen LogP contribution in [0.1, 0.15) is 24.9 Å². The van der Waals surface area contributed by atoms with Crippen LogP contribution < -0.4 is 5.73 Å². The molecule has 0 spiro atoms. The summed E-state index contributed by atoms with van der Waals surface area (Å²) in [5.74, 6) is 0. The van der Waals surface area contributed by atoms with Crippen LogP contribution in [0.2, 0.25) is 0 Å². The van der Waals surface area contributed by atoms with Crippen molar-refractivity contribution >= 4 is 0 Å². The van der Waals surface area contributed by atoms with Gasteiger partial charge in [-0.25, -0.2) is 0 Å². The molecule has 0 fully saturated rings. The normalized spacial score (nSPS) is 14.9. The van der Waals surface area contributed by atoms with E-state index in [-0.39, 0.29) is 12.1 Å². The van der Waals surface area contributed by atoms with Crippen LogP contribution in [0.4, 0.5) is 0 Å². The molecule has 0 saturated heterocycles. The first-order valence-corrected chi connectivity index (χ1v) is 5.45. The Hall–Kier alpha value is -1.62. The Morgan fingerprint density at radius 2 is 2.25 bits per heavy atom. The molecule has 2 aromatic rings. The number of aromatic nitrogens is 4. The van der Waals surface area contributed by atoms with Gasteiger partial charge in [-0.2, -0.15) is 10.2 Å². The molecule has 0 aromatic carbocycles. The van der Waals surface area contributed by atoms with Gasteiger partial charge in [0.2, 0.25) is 0 Å². The van der Waals surface area contributed by atoms with Gasteiger partial charge in [0.15, 0.2) is 0 Å². The summed E-state index contributed by atoms with van der Waals surface area (Å²) in [6.07, 6.45) is 8.45. The second kappa shape index (κ2) is 4.49. The lowest BCUT2D eigenvalue weighted by atomic mass is 10.0. The molecule has 0 aliphatic carbocycles. The summed E-state index contributed by atoms with van der Waals surface area (Å²) in [7, 11) is 1.90. The van der Waals surface area contributed by atoms with Gasteiger partial charge < -0.3 is 5.73 Å². The van der Waals surface area contributed by atoms with Crippen molar-refractivity contribution in [2.24, 2.45) is 12.8 Å². The minimum absolute atomic E-state index is 0.0455. The molecular formula is C11H17N5. The third-order valence-electron chi connectivity index (χ3n) is 2.75. The number of nitrogens with zero attached hydrogens (tertiary/aromatic N) is 4. The highest BCUT2D eigenvalue weighted by atomic mass is 15.3. The van der Waals surface area contributed by atoms with Crippen molar-refractivity contribution in [1.82, 2.24) is 19.6 Å². The fraction of sp³-hybridized carbons (Fsp3) is 0.455. The van der Waals surface area contributed by atoms with Crippen LogP contribution in [0, 0.1) is 0 Å². The van der Waals surface area contributed by atoms with E-state index >= 15 is 0 Å². The quantitative estimate of drug-likeness (QED) is 0.832. The van der Waals surface area contributed by atoms with Crippen LogP contribution in [0.25, 0.3) is 0 Å². The minimum Gasteiger partial charge on any atom is -0.326 e. The van der Waals surface area contributed by atoms with Crippen molar-refractivity contribution in [2.45, 2.75) is 25.4 Å². The van der Waals surface area contributed by atoms with E-state index in [2.05, 4.69) is 17.1 Å². The topological polar surface area (TPSA) is 61.7 Å². The van der Waals surface area contributed by atoms with Crippen LogP contribution in [0.3, 0.4) is 0 Å². The molecule has 2 rings (SSSR count). The molecule has 0 amide bonds. The van der Waals surface area contributed by atoms with E-state index in [1.807, 2.05) is 36.4 Å². The van der Waals surface area contributed by atoms with E-state index < -0.39 is 0 Å². The first-order chi connectivity index (χ1) is 7.72. The van der Waals surface area contributed by atoms with Crippen LogP contribution in [0.15, 0.2) is 30.9 Å². The summed E-state index contributed by atoms with van der Waals surface area (Å²) in [5, 5.41) is 8.45. The van der Waals surface area contributed by atoms with Crippen molar-refractivity contribution in [3.05, 3.63) is 36.4 Å². The summed E-state index contributed by atoms with van der Waals surface area (Å²) in [5.41, 5.74) is 7.25. The second-order valence-corrected chi connectivity index (χ2v) is 3.95. The molecule has 0 saturated carbocycles. The molecule has 0 bridgehead atoms. The molecule has 0 aliphatic heterocycles. The predicted octanol–water partition coefficient (Wildman–Crippen LogP) is 0.943. The molecule has 0 radical (unpaired) electrons. The van der Waals surface area contributed by atoms with Gasteiger partial charge in [0.05, 0.1) is 12.2 Å². The Morgan fingerprint density at radius 3 is 2.75 bits per heavy atom. The zero-order valence-corrected chi connectivity index (χ0v) is 9.61. The average molecular weight is 219 g/mol. The molecule has 5 heteroatoms. The molecule has 16 heavy (non-hydrogen) atoms. The van der Waals surface area contributed by atoms with Crippen molar-refractivity contribution < 1.29 is 0 Å². The van der Waals surface area contributed by atoms with E-state index in [9.17, 15) is 0 Å². The van der Waals surface area contributed by atoms with Crippen molar-refractivity contribution in [2.75, 3.05) is 0 Å². The lowest BCUT2D eigenvalue weighted by Crippen LogP contribution is -2.32. The van der Waals surface area contributed by atoms with Crippen LogP contribution >= 0.6 is 0 Å². The second-order valence-electron chi connectivity index (χ2n) is 3.95. The van der Waals surface area contributed by atoms with Crippen LogP contribution in [-0.2, 0) is 7.05 Å². The fourth-order valence-corrected chi connectivity index (χ4v) is 1.86. The molecule has 2 aromatic heterocycles. The molecule has 2 unspecified atom stereocenters. The van der Waals surface area contributed by atoms with E-state index in [0.29, 0.717) is 0 Å². The number of hydrogen-bond acceptors (Lipinski definition) is 3. The first-order valence-electron chi connectivity index (χ1n) is 5.45. The largest absolute Gasteiger partial charge is 0.326 e. The highest BCUT2D eigenvalue weighted by Gasteiger charge is 2.21. The van der Waals surface area contributed by atoms with Crippen LogP contribution in [0.5, 0.6) is 0 Å². The monoisotopic (exact) mass is 219 g/mol. The standard InChI is InChI=1S/C11H17N5/c1-3-10(12)11(16-6-4-5-13-16)9-7-14-15(2)8-9/h4-8,10-11H,3,12H2,1-2H3. The highest BCUT2D eigenvalue weighted by Crippen LogP contribution is 2.21. The smallest absolute Gasteiger partial charge is 0.0949 e. The van der Waals surface area contributed by atoms with Crippen molar-refractivity contribution in [1.29, 1.82) is 0 Å². The summed E-state index contributed by atoms with van der Waals surface area (Å²) in [4.78, 5) is 0. The Balaban J connectivity index is 2.35. The lowest BCUT2D eigenvalue weighted by molar-refractivity contribution is 0.424.